The SMILES string of the molecule is NCCC(=O)N[C@@H]1CCCN(Cc2ccc(F)cc2Cl)C1. The molecule has 3 N–H and O–H groups in total. The van der Waals surface area contributed by atoms with Crippen molar-refractivity contribution in [2.24, 2.45) is 5.73 Å². The first kappa shape index (κ1) is 16.2. The molecule has 1 aromatic carbocycles. The molecule has 21 heavy (non-hydrogen) atoms. The van der Waals surface area contributed by atoms with E-state index in [1.165, 1.54) is 12.1 Å². The lowest BCUT2D eigenvalue weighted by atomic mass is 10.0. The fraction of sp³-hybridized carbons (Fsp3) is 0.533. The summed E-state index contributed by atoms with van der Waals surface area (Å²) in [5.41, 5.74) is 6.29. The molecule has 4 nitrogen and oxygen atoms in total. The average molecular weight is 314 g/mol. The summed E-state index contributed by atoms with van der Waals surface area (Å²) in [5, 5.41) is 3.45. The highest BCUT2D eigenvalue weighted by Gasteiger charge is 2.21. The Morgan fingerprint density at radius 3 is 3.05 bits per heavy atom. The third-order valence-electron chi connectivity index (χ3n) is 3.65. The molecule has 0 radical (unpaired) electrons. The monoisotopic (exact) mass is 313 g/mol. The van der Waals surface area contributed by atoms with Crippen molar-refractivity contribution < 1.29 is 9.18 Å². The first-order valence-corrected chi connectivity index (χ1v) is 7.62. The highest BCUT2D eigenvalue weighted by Crippen LogP contribution is 2.21. The Bertz CT molecular complexity index is 498. The molecule has 0 saturated carbocycles. The molecule has 1 aliphatic rings. The van der Waals surface area contributed by atoms with Gasteiger partial charge in [-0.3, -0.25) is 9.69 Å². The molecule has 116 valence electrons. The van der Waals surface area contributed by atoms with Gasteiger partial charge in [0.15, 0.2) is 0 Å². The van der Waals surface area contributed by atoms with Gasteiger partial charge in [0.25, 0.3) is 0 Å². The van der Waals surface area contributed by atoms with Gasteiger partial charge in [0, 0.05) is 37.1 Å². The normalized spacial score (nSPS) is 19.5. The number of rotatable bonds is 5. The van der Waals surface area contributed by atoms with Gasteiger partial charge in [-0.25, -0.2) is 4.39 Å². The van der Waals surface area contributed by atoms with Crippen molar-refractivity contribution in [1.82, 2.24) is 10.2 Å². The van der Waals surface area contributed by atoms with Gasteiger partial charge in [-0.1, -0.05) is 17.7 Å². The predicted molar refractivity (Wildman–Crippen MR) is 81.5 cm³/mol. The second-order valence-electron chi connectivity index (χ2n) is 5.42. The van der Waals surface area contributed by atoms with Crippen molar-refractivity contribution in [1.29, 1.82) is 0 Å². The van der Waals surface area contributed by atoms with Crippen LogP contribution in [0.2, 0.25) is 5.02 Å². The van der Waals surface area contributed by atoms with Gasteiger partial charge in [-0.2, -0.15) is 0 Å². The Kier molecular flexibility index (Phi) is 5.96. The lowest BCUT2D eigenvalue weighted by Crippen LogP contribution is -2.47. The molecule has 1 fully saturated rings. The van der Waals surface area contributed by atoms with Crippen LogP contribution >= 0.6 is 11.6 Å². The molecule has 2 rings (SSSR count). The molecule has 0 spiro atoms. The molecule has 1 saturated heterocycles. The molecule has 0 aromatic heterocycles. The second kappa shape index (κ2) is 7.73. The van der Waals surface area contributed by atoms with Gasteiger partial charge in [0.05, 0.1) is 0 Å². The minimum Gasteiger partial charge on any atom is -0.352 e. The third kappa shape index (κ3) is 4.95. The fourth-order valence-electron chi connectivity index (χ4n) is 2.64. The van der Waals surface area contributed by atoms with Gasteiger partial charge >= 0.3 is 0 Å². The number of nitrogens with zero attached hydrogens (tertiary/aromatic N) is 1. The van der Waals surface area contributed by atoms with Crippen LogP contribution in [-0.4, -0.2) is 36.5 Å². The first-order valence-electron chi connectivity index (χ1n) is 7.24. The molecule has 6 heteroatoms. The maximum atomic E-state index is 13.0. The van der Waals surface area contributed by atoms with Crippen LogP contribution in [0.3, 0.4) is 0 Å². The van der Waals surface area contributed by atoms with Crippen molar-refractivity contribution in [2.45, 2.75) is 31.8 Å². The molecule has 0 aliphatic carbocycles. The smallest absolute Gasteiger partial charge is 0.221 e. The molecule has 1 aromatic rings. The molecule has 0 unspecified atom stereocenters. The first-order chi connectivity index (χ1) is 10.1. The van der Waals surface area contributed by atoms with Crippen LogP contribution in [0.5, 0.6) is 0 Å². The highest BCUT2D eigenvalue weighted by atomic mass is 35.5. The van der Waals surface area contributed by atoms with E-state index >= 15 is 0 Å². The van der Waals surface area contributed by atoms with Gasteiger partial charge in [-0.05, 0) is 37.1 Å². The molecule has 1 amide bonds. The Balaban J connectivity index is 1.90. The number of piperidine rings is 1. The zero-order valence-corrected chi connectivity index (χ0v) is 12.7. The molecular formula is C15H21ClFN3O. The van der Waals surface area contributed by atoms with E-state index in [4.69, 9.17) is 17.3 Å². The van der Waals surface area contributed by atoms with Crippen molar-refractivity contribution in [3.8, 4) is 0 Å². The third-order valence-corrected chi connectivity index (χ3v) is 4.00. The van der Waals surface area contributed by atoms with Crippen molar-refractivity contribution >= 4 is 17.5 Å². The van der Waals surface area contributed by atoms with Crippen molar-refractivity contribution in [3.63, 3.8) is 0 Å². The maximum Gasteiger partial charge on any atom is 0.221 e. The van der Waals surface area contributed by atoms with Crippen LogP contribution in [0.1, 0.15) is 24.8 Å². The zero-order chi connectivity index (χ0) is 15.2. The molecular weight excluding hydrogens is 293 g/mol. The molecule has 1 atom stereocenters. The van der Waals surface area contributed by atoms with E-state index in [1.807, 2.05) is 0 Å². The van der Waals surface area contributed by atoms with Gasteiger partial charge < -0.3 is 11.1 Å². The Labute approximate surface area is 129 Å². The second-order valence-corrected chi connectivity index (χ2v) is 5.82. The number of carbonyl (C=O) groups is 1. The van der Waals surface area contributed by atoms with Crippen LogP contribution in [0.25, 0.3) is 0 Å². The number of hydrogen-bond acceptors (Lipinski definition) is 3. The molecule has 0 bridgehead atoms. The average Bonchev–Trinajstić information content (AvgIpc) is 2.42. The summed E-state index contributed by atoms with van der Waals surface area (Å²) in [6.07, 6.45) is 2.36. The Morgan fingerprint density at radius 1 is 1.52 bits per heavy atom. The van der Waals surface area contributed by atoms with Gasteiger partial charge in [0.1, 0.15) is 5.82 Å². The summed E-state index contributed by atoms with van der Waals surface area (Å²) >= 11 is 6.06. The number of amides is 1. The summed E-state index contributed by atoms with van der Waals surface area (Å²) in [6, 6.07) is 4.62. The predicted octanol–water partition coefficient (Wildman–Crippen LogP) is 1.91. The Morgan fingerprint density at radius 2 is 2.33 bits per heavy atom. The number of hydrogen-bond donors (Lipinski definition) is 2. The lowest BCUT2D eigenvalue weighted by Gasteiger charge is -2.33. The van der Waals surface area contributed by atoms with Crippen LogP contribution < -0.4 is 11.1 Å². The van der Waals surface area contributed by atoms with E-state index in [1.54, 1.807) is 6.07 Å². The Hall–Kier alpha value is -1.17. The van der Waals surface area contributed by atoms with Crippen LogP contribution in [0, 0.1) is 5.82 Å². The summed E-state index contributed by atoms with van der Waals surface area (Å²) in [5.74, 6) is -0.321. The number of nitrogens with two attached hydrogens (primary N) is 1. The zero-order valence-electron chi connectivity index (χ0n) is 11.9. The summed E-state index contributed by atoms with van der Waals surface area (Å²) < 4.78 is 13.0. The van der Waals surface area contributed by atoms with E-state index in [2.05, 4.69) is 10.2 Å². The summed E-state index contributed by atoms with van der Waals surface area (Å²) in [6.45, 7) is 2.77. The topological polar surface area (TPSA) is 58.4 Å². The van der Waals surface area contributed by atoms with E-state index in [9.17, 15) is 9.18 Å². The highest BCUT2D eigenvalue weighted by molar-refractivity contribution is 6.31. The van der Waals surface area contributed by atoms with E-state index in [-0.39, 0.29) is 17.8 Å². The van der Waals surface area contributed by atoms with Gasteiger partial charge in [0.2, 0.25) is 5.91 Å². The largest absolute Gasteiger partial charge is 0.352 e. The minimum absolute atomic E-state index is 0.00386. The van der Waals surface area contributed by atoms with Crippen molar-refractivity contribution in [3.05, 3.63) is 34.6 Å². The standard InChI is InChI=1S/C15H21ClFN3O/c16-14-8-12(17)4-3-11(14)9-20-7-1-2-13(10-20)19-15(21)5-6-18/h3-4,8,13H,1-2,5-7,9-10,18H2,(H,19,21)/t13-/m1/s1. The van der Waals surface area contributed by atoms with Gasteiger partial charge in [-0.15, -0.1) is 0 Å². The van der Waals surface area contributed by atoms with E-state index in [0.717, 1.165) is 31.5 Å². The number of carbonyl (C=O) groups excluding carboxylic acids is 1. The number of nitrogens with one attached hydrogen (secondary N) is 1. The summed E-state index contributed by atoms with van der Waals surface area (Å²) in [4.78, 5) is 13.8. The van der Waals surface area contributed by atoms with Crippen LogP contribution in [0.15, 0.2) is 18.2 Å². The maximum absolute atomic E-state index is 13.0. The van der Waals surface area contributed by atoms with Crippen molar-refractivity contribution in [2.75, 3.05) is 19.6 Å². The fourth-order valence-corrected chi connectivity index (χ4v) is 2.87. The molecule has 1 aliphatic heterocycles. The van der Waals surface area contributed by atoms with Crippen LogP contribution in [0.4, 0.5) is 4.39 Å². The van der Waals surface area contributed by atoms with E-state index in [0.29, 0.717) is 24.5 Å². The number of likely N-dealkylation sites (tertiary alicyclic amines) is 1. The molecule has 1 heterocycles. The number of benzene rings is 1. The quantitative estimate of drug-likeness (QED) is 0.873. The summed E-state index contributed by atoms with van der Waals surface area (Å²) in [7, 11) is 0. The van der Waals surface area contributed by atoms with E-state index < -0.39 is 0 Å². The minimum atomic E-state index is -0.325. The lowest BCUT2D eigenvalue weighted by molar-refractivity contribution is -0.122. The number of halogens is 2. The van der Waals surface area contributed by atoms with Crippen LogP contribution in [-0.2, 0) is 11.3 Å².